The van der Waals surface area contributed by atoms with Gasteiger partial charge < -0.3 is 24.8 Å². The van der Waals surface area contributed by atoms with E-state index < -0.39 is 41.6 Å². The zero-order valence-electron chi connectivity index (χ0n) is 9.86. The Morgan fingerprint density at radius 3 is 2.67 bits per heavy atom. The van der Waals surface area contributed by atoms with Gasteiger partial charge in [-0.15, -0.1) is 0 Å². The molecule has 1 aliphatic carbocycles. The molecule has 3 N–H and O–H groups in total. The monoisotopic (exact) mass is 258 g/mol. The molecule has 0 saturated heterocycles. The van der Waals surface area contributed by atoms with Crippen LogP contribution in [0.15, 0.2) is 11.8 Å². The second kappa shape index (κ2) is 4.04. The smallest absolute Gasteiger partial charge is 0.337 e. The standard InChI is InChI=1S/C11H14O7/c1-11(16)6-5(7(12)8(11)13)4(9(14)17-2)3-18-10(6)15/h3,5-8,12-13,16H,1-2H3/t5-,6-,7+,8+,11-/m1/s1. The molecule has 2 rings (SSSR count). The highest BCUT2D eigenvalue weighted by Gasteiger charge is 2.63. The second-order valence-corrected chi connectivity index (χ2v) is 4.67. The van der Waals surface area contributed by atoms with Gasteiger partial charge in [-0.3, -0.25) is 4.79 Å². The summed E-state index contributed by atoms with van der Waals surface area (Å²) in [5.74, 6) is -3.82. The molecule has 0 unspecified atom stereocenters. The van der Waals surface area contributed by atoms with Crippen molar-refractivity contribution in [2.75, 3.05) is 7.11 Å². The zero-order valence-corrected chi connectivity index (χ0v) is 9.86. The molecule has 0 aromatic carbocycles. The number of hydrogen-bond donors (Lipinski definition) is 3. The maximum atomic E-state index is 11.6. The van der Waals surface area contributed by atoms with E-state index in [4.69, 9.17) is 0 Å². The van der Waals surface area contributed by atoms with Gasteiger partial charge in [0.05, 0.1) is 24.7 Å². The number of carbonyl (C=O) groups is 2. The molecule has 1 heterocycles. The van der Waals surface area contributed by atoms with Gasteiger partial charge >= 0.3 is 11.9 Å². The molecule has 0 aromatic rings. The van der Waals surface area contributed by atoms with E-state index in [1.54, 1.807) is 0 Å². The molecule has 7 nitrogen and oxygen atoms in total. The van der Waals surface area contributed by atoms with Crippen LogP contribution >= 0.6 is 0 Å². The molecule has 7 heteroatoms. The summed E-state index contributed by atoms with van der Waals surface area (Å²) >= 11 is 0. The van der Waals surface area contributed by atoms with Crippen LogP contribution in [0.1, 0.15) is 6.92 Å². The fraction of sp³-hybridized carbons (Fsp3) is 0.636. The molecule has 5 atom stereocenters. The van der Waals surface area contributed by atoms with Crippen molar-refractivity contribution in [3.8, 4) is 0 Å². The molecular weight excluding hydrogens is 244 g/mol. The first kappa shape index (κ1) is 13.0. The molecule has 0 amide bonds. The molecule has 0 bridgehead atoms. The molecule has 0 spiro atoms. The molecule has 1 fully saturated rings. The number of fused-ring (bicyclic) bond motifs is 1. The Morgan fingerprint density at radius 2 is 2.11 bits per heavy atom. The summed E-state index contributed by atoms with van der Waals surface area (Å²) < 4.78 is 9.19. The Bertz CT molecular complexity index is 425. The average molecular weight is 258 g/mol. The molecule has 1 aliphatic heterocycles. The largest absolute Gasteiger partial charge is 0.466 e. The van der Waals surface area contributed by atoms with Gasteiger partial charge in [-0.25, -0.2) is 4.79 Å². The maximum Gasteiger partial charge on any atom is 0.337 e. The molecular formula is C11H14O7. The van der Waals surface area contributed by atoms with E-state index in [0.29, 0.717) is 0 Å². The molecule has 0 aromatic heterocycles. The summed E-state index contributed by atoms with van der Waals surface area (Å²) in [6.45, 7) is 1.22. The lowest BCUT2D eigenvalue weighted by Crippen LogP contribution is -2.46. The highest BCUT2D eigenvalue weighted by molar-refractivity contribution is 5.92. The maximum absolute atomic E-state index is 11.6. The summed E-state index contributed by atoms with van der Waals surface area (Å²) in [7, 11) is 1.14. The first-order chi connectivity index (χ1) is 8.32. The number of carbonyl (C=O) groups excluding carboxylic acids is 2. The Hall–Kier alpha value is -1.44. The van der Waals surface area contributed by atoms with Crippen molar-refractivity contribution >= 4 is 11.9 Å². The third kappa shape index (κ3) is 1.55. The molecule has 100 valence electrons. The van der Waals surface area contributed by atoms with Crippen LogP contribution in [-0.4, -0.2) is 52.2 Å². The van der Waals surface area contributed by atoms with Gasteiger partial charge in [0.25, 0.3) is 0 Å². The van der Waals surface area contributed by atoms with Crippen LogP contribution in [-0.2, 0) is 19.1 Å². The number of ether oxygens (including phenoxy) is 2. The van der Waals surface area contributed by atoms with Crippen molar-refractivity contribution in [2.24, 2.45) is 11.8 Å². The average Bonchev–Trinajstić information content (AvgIpc) is 2.51. The fourth-order valence-corrected chi connectivity index (χ4v) is 2.61. The summed E-state index contributed by atoms with van der Waals surface area (Å²) in [6.07, 6.45) is -2.10. The number of cyclic esters (lactones) is 1. The van der Waals surface area contributed by atoms with Crippen LogP contribution in [0.2, 0.25) is 0 Å². The lowest BCUT2D eigenvalue weighted by atomic mass is 9.81. The lowest BCUT2D eigenvalue weighted by Gasteiger charge is -2.30. The number of hydrogen-bond acceptors (Lipinski definition) is 7. The Kier molecular flexibility index (Phi) is 2.92. The van der Waals surface area contributed by atoms with Crippen LogP contribution in [0.3, 0.4) is 0 Å². The van der Waals surface area contributed by atoms with Gasteiger partial charge in [0.2, 0.25) is 0 Å². The third-order valence-corrected chi connectivity index (χ3v) is 3.62. The number of rotatable bonds is 1. The number of methoxy groups -OCH3 is 1. The van der Waals surface area contributed by atoms with Gasteiger partial charge in [0, 0.05) is 5.92 Å². The lowest BCUT2D eigenvalue weighted by molar-refractivity contribution is -0.158. The molecule has 18 heavy (non-hydrogen) atoms. The van der Waals surface area contributed by atoms with Crippen LogP contribution in [0.4, 0.5) is 0 Å². The van der Waals surface area contributed by atoms with E-state index in [9.17, 15) is 24.9 Å². The van der Waals surface area contributed by atoms with E-state index in [1.165, 1.54) is 6.92 Å². The minimum Gasteiger partial charge on any atom is -0.466 e. The quantitative estimate of drug-likeness (QED) is 0.481. The minimum absolute atomic E-state index is 0.0774. The predicted octanol–water partition coefficient (Wildman–Crippen LogP) is -1.68. The van der Waals surface area contributed by atoms with E-state index in [2.05, 4.69) is 9.47 Å². The SMILES string of the molecule is COC(=O)C1=COC(=O)[C@H]2[C@@H]1[C@H](O)[C@H](O)[C@]2(C)O. The van der Waals surface area contributed by atoms with Crippen molar-refractivity contribution in [1.82, 2.24) is 0 Å². The second-order valence-electron chi connectivity index (χ2n) is 4.67. The van der Waals surface area contributed by atoms with Gasteiger partial charge in [0.15, 0.2) is 0 Å². The molecule has 0 radical (unpaired) electrons. The van der Waals surface area contributed by atoms with Crippen molar-refractivity contribution in [3.05, 3.63) is 11.8 Å². The van der Waals surface area contributed by atoms with Crippen molar-refractivity contribution in [2.45, 2.75) is 24.7 Å². The Balaban J connectivity index is 2.47. The van der Waals surface area contributed by atoms with Crippen LogP contribution < -0.4 is 0 Å². The van der Waals surface area contributed by atoms with E-state index >= 15 is 0 Å². The van der Waals surface area contributed by atoms with Crippen LogP contribution in [0.25, 0.3) is 0 Å². The summed E-state index contributed by atoms with van der Waals surface area (Å²) in [6, 6.07) is 0. The Labute approximate surface area is 103 Å². The van der Waals surface area contributed by atoms with E-state index in [0.717, 1.165) is 13.4 Å². The third-order valence-electron chi connectivity index (χ3n) is 3.62. The zero-order chi connectivity index (χ0) is 13.7. The minimum atomic E-state index is -1.87. The molecule has 1 saturated carbocycles. The number of aliphatic hydroxyl groups is 3. The van der Waals surface area contributed by atoms with E-state index in [-0.39, 0.29) is 5.57 Å². The first-order valence-corrected chi connectivity index (χ1v) is 5.39. The summed E-state index contributed by atoms with van der Waals surface area (Å²) in [5.41, 5.74) is -1.94. The van der Waals surface area contributed by atoms with Gasteiger partial charge in [-0.05, 0) is 6.92 Å². The summed E-state index contributed by atoms with van der Waals surface area (Å²) in [5, 5.41) is 29.7. The van der Waals surface area contributed by atoms with E-state index in [1.807, 2.05) is 0 Å². The highest BCUT2D eigenvalue weighted by atomic mass is 16.5. The predicted molar refractivity (Wildman–Crippen MR) is 55.8 cm³/mol. The Morgan fingerprint density at radius 1 is 1.50 bits per heavy atom. The van der Waals surface area contributed by atoms with Crippen molar-refractivity contribution < 1.29 is 34.4 Å². The fourth-order valence-electron chi connectivity index (χ4n) is 2.61. The van der Waals surface area contributed by atoms with Crippen molar-refractivity contribution in [3.63, 3.8) is 0 Å². The van der Waals surface area contributed by atoms with Gasteiger partial charge in [-0.1, -0.05) is 0 Å². The number of esters is 2. The first-order valence-electron chi connectivity index (χ1n) is 5.39. The topological polar surface area (TPSA) is 113 Å². The van der Waals surface area contributed by atoms with Gasteiger partial charge in [0.1, 0.15) is 18.0 Å². The van der Waals surface area contributed by atoms with Gasteiger partial charge in [-0.2, -0.15) is 0 Å². The van der Waals surface area contributed by atoms with Crippen LogP contribution in [0, 0.1) is 11.8 Å². The summed E-state index contributed by atoms with van der Waals surface area (Å²) in [4.78, 5) is 23.2. The highest BCUT2D eigenvalue weighted by Crippen LogP contribution is 2.47. The molecule has 2 aliphatic rings. The number of aliphatic hydroxyl groups excluding tert-OH is 2. The normalized spacial score (nSPS) is 42.9. The van der Waals surface area contributed by atoms with Crippen molar-refractivity contribution in [1.29, 1.82) is 0 Å². The van der Waals surface area contributed by atoms with Crippen LogP contribution in [0.5, 0.6) is 0 Å².